The van der Waals surface area contributed by atoms with Crippen LogP contribution >= 0.6 is 0 Å². The Morgan fingerprint density at radius 2 is 2.33 bits per heavy atom. The van der Waals surface area contributed by atoms with Crippen molar-refractivity contribution in [2.45, 2.75) is 26.2 Å². The molecule has 1 N–H and O–H groups in total. The number of carbonyl (C=O) groups is 2. The molecular formula is C13H17NO4. The molecule has 1 atom stereocenters. The van der Waals surface area contributed by atoms with Gasteiger partial charge in [-0.1, -0.05) is 6.92 Å². The molecule has 0 aliphatic carbocycles. The first-order valence-electron chi connectivity index (χ1n) is 6.22. The van der Waals surface area contributed by atoms with Crippen LogP contribution in [0.3, 0.4) is 0 Å². The van der Waals surface area contributed by atoms with Gasteiger partial charge in [0.15, 0.2) is 0 Å². The van der Waals surface area contributed by atoms with Gasteiger partial charge in [-0.05, 0) is 18.9 Å². The quantitative estimate of drug-likeness (QED) is 0.888. The van der Waals surface area contributed by atoms with Crippen LogP contribution in [0, 0.1) is 5.92 Å². The van der Waals surface area contributed by atoms with E-state index >= 15 is 0 Å². The van der Waals surface area contributed by atoms with E-state index in [2.05, 4.69) is 0 Å². The smallest absolute Gasteiger partial charge is 0.308 e. The number of carboxylic acid groups (broad SMARTS) is 1. The highest BCUT2D eigenvalue weighted by Gasteiger charge is 2.29. The minimum atomic E-state index is -0.824. The first kappa shape index (κ1) is 12.7. The minimum Gasteiger partial charge on any atom is -0.481 e. The van der Waals surface area contributed by atoms with E-state index in [0.717, 1.165) is 6.42 Å². The summed E-state index contributed by atoms with van der Waals surface area (Å²) < 4.78 is 5.24. The van der Waals surface area contributed by atoms with Crippen LogP contribution in [0.2, 0.25) is 0 Å². The summed E-state index contributed by atoms with van der Waals surface area (Å²) in [5.74, 6) is -0.723. The first-order chi connectivity index (χ1) is 8.63. The lowest BCUT2D eigenvalue weighted by atomic mass is 9.97. The molecule has 0 bridgehead atoms. The maximum Gasteiger partial charge on any atom is 0.308 e. The van der Waals surface area contributed by atoms with Crippen molar-refractivity contribution in [3.8, 4) is 0 Å². The van der Waals surface area contributed by atoms with E-state index < -0.39 is 11.9 Å². The molecule has 1 saturated heterocycles. The van der Waals surface area contributed by atoms with Gasteiger partial charge in [0, 0.05) is 19.5 Å². The molecule has 18 heavy (non-hydrogen) atoms. The molecule has 1 fully saturated rings. The lowest BCUT2D eigenvalue weighted by Gasteiger charge is -2.30. The molecule has 0 spiro atoms. The average molecular weight is 251 g/mol. The van der Waals surface area contributed by atoms with Gasteiger partial charge >= 0.3 is 5.97 Å². The van der Waals surface area contributed by atoms with E-state index in [4.69, 9.17) is 9.52 Å². The molecule has 98 valence electrons. The van der Waals surface area contributed by atoms with Gasteiger partial charge in [-0.2, -0.15) is 0 Å². The van der Waals surface area contributed by atoms with E-state index in [9.17, 15) is 9.59 Å². The maximum atomic E-state index is 12.3. The van der Waals surface area contributed by atoms with Gasteiger partial charge in [-0.25, -0.2) is 0 Å². The topological polar surface area (TPSA) is 70.8 Å². The molecular weight excluding hydrogens is 234 g/mol. The SMILES string of the molecule is CCc1occc1C(=O)N1CCCC(C(=O)O)C1. The van der Waals surface area contributed by atoms with E-state index in [1.54, 1.807) is 11.0 Å². The third-order valence-electron chi connectivity index (χ3n) is 3.35. The Hall–Kier alpha value is -1.78. The van der Waals surface area contributed by atoms with Crippen LogP contribution in [-0.2, 0) is 11.2 Å². The van der Waals surface area contributed by atoms with Crippen molar-refractivity contribution in [2.24, 2.45) is 5.92 Å². The highest BCUT2D eigenvalue weighted by atomic mass is 16.4. The Labute approximate surface area is 105 Å². The summed E-state index contributed by atoms with van der Waals surface area (Å²) in [6, 6.07) is 1.66. The summed E-state index contributed by atoms with van der Waals surface area (Å²) in [5.41, 5.74) is 0.559. The molecule has 1 unspecified atom stereocenters. The van der Waals surface area contributed by atoms with Crippen LogP contribution in [0.15, 0.2) is 16.7 Å². The Bertz CT molecular complexity index is 452. The zero-order chi connectivity index (χ0) is 13.1. The largest absolute Gasteiger partial charge is 0.481 e. The molecule has 1 amide bonds. The number of rotatable bonds is 3. The van der Waals surface area contributed by atoms with Gasteiger partial charge < -0.3 is 14.4 Å². The second-order valence-electron chi connectivity index (χ2n) is 4.54. The fraction of sp³-hybridized carbons (Fsp3) is 0.538. The van der Waals surface area contributed by atoms with Crippen LogP contribution < -0.4 is 0 Å². The molecule has 1 aliphatic rings. The summed E-state index contributed by atoms with van der Waals surface area (Å²) in [6.45, 7) is 2.84. The number of hydrogen-bond acceptors (Lipinski definition) is 3. The number of aryl methyl sites for hydroxylation is 1. The number of nitrogens with zero attached hydrogens (tertiary/aromatic N) is 1. The summed E-state index contributed by atoms with van der Waals surface area (Å²) in [7, 11) is 0. The molecule has 1 aliphatic heterocycles. The molecule has 0 saturated carbocycles. The van der Waals surface area contributed by atoms with Crippen molar-refractivity contribution in [3.05, 3.63) is 23.7 Å². The Balaban J connectivity index is 2.11. The lowest BCUT2D eigenvalue weighted by Crippen LogP contribution is -2.42. The van der Waals surface area contributed by atoms with E-state index in [1.165, 1.54) is 6.26 Å². The van der Waals surface area contributed by atoms with Crippen LogP contribution in [0.1, 0.15) is 35.9 Å². The molecule has 2 rings (SSSR count). The van der Waals surface area contributed by atoms with Crippen molar-refractivity contribution < 1.29 is 19.1 Å². The lowest BCUT2D eigenvalue weighted by molar-refractivity contribution is -0.143. The van der Waals surface area contributed by atoms with Crippen molar-refractivity contribution in [2.75, 3.05) is 13.1 Å². The average Bonchev–Trinajstić information content (AvgIpc) is 2.86. The van der Waals surface area contributed by atoms with Gasteiger partial charge in [0.1, 0.15) is 5.76 Å². The summed E-state index contributed by atoms with van der Waals surface area (Å²) in [4.78, 5) is 24.9. The van der Waals surface area contributed by atoms with Gasteiger partial charge in [0.05, 0.1) is 17.7 Å². The van der Waals surface area contributed by atoms with Crippen molar-refractivity contribution >= 4 is 11.9 Å². The predicted molar refractivity (Wildman–Crippen MR) is 64.3 cm³/mol. The highest BCUT2D eigenvalue weighted by molar-refractivity contribution is 5.95. The zero-order valence-corrected chi connectivity index (χ0v) is 10.4. The monoisotopic (exact) mass is 251 g/mol. The molecule has 1 aromatic rings. The van der Waals surface area contributed by atoms with Crippen molar-refractivity contribution in [1.29, 1.82) is 0 Å². The predicted octanol–water partition coefficient (Wildman–Crippen LogP) is 1.78. The number of hydrogen-bond donors (Lipinski definition) is 1. The third kappa shape index (κ3) is 2.39. The molecule has 2 heterocycles. The van der Waals surface area contributed by atoms with E-state index in [1.807, 2.05) is 6.92 Å². The number of furan rings is 1. The second-order valence-corrected chi connectivity index (χ2v) is 4.54. The third-order valence-corrected chi connectivity index (χ3v) is 3.35. The van der Waals surface area contributed by atoms with Crippen LogP contribution in [0.25, 0.3) is 0 Å². The fourth-order valence-electron chi connectivity index (χ4n) is 2.34. The molecule has 5 heteroatoms. The normalized spacial score (nSPS) is 19.8. The van der Waals surface area contributed by atoms with Gasteiger partial charge in [-0.3, -0.25) is 9.59 Å². The number of likely N-dealkylation sites (tertiary alicyclic amines) is 1. The summed E-state index contributed by atoms with van der Waals surface area (Å²) >= 11 is 0. The number of aliphatic carboxylic acids is 1. The minimum absolute atomic E-state index is 0.119. The van der Waals surface area contributed by atoms with Gasteiger partial charge in [0.2, 0.25) is 0 Å². The first-order valence-corrected chi connectivity index (χ1v) is 6.22. The molecule has 5 nitrogen and oxygen atoms in total. The molecule has 0 aromatic carbocycles. The second kappa shape index (κ2) is 5.25. The van der Waals surface area contributed by atoms with Crippen LogP contribution in [0.4, 0.5) is 0 Å². The van der Waals surface area contributed by atoms with E-state index in [-0.39, 0.29) is 5.91 Å². The molecule has 1 aromatic heterocycles. The summed E-state index contributed by atoms with van der Waals surface area (Å²) in [5, 5.41) is 9.01. The maximum absolute atomic E-state index is 12.3. The number of carbonyl (C=O) groups excluding carboxylic acids is 1. The zero-order valence-electron chi connectivity index (χ0n) is 10.4. The van der Waals surface area contributed by atoms with Gasteiger partial charge in [-0.15, -0.1) is 0 Å². The van der Waals surface area contributed by atoms with Gasteiger partial charge in [0.25, 0.3) is 5.91 Å². The van der Waals surface area contributed by atoms with E-state index in [0.29, 0.717) is 37.3 Å². The standard InChI is InChI=1S/C13H17NO4/c1-2-11-10(5-7-18-11)12(15)14-6-3-4-9(8-14)13(16)17/h5,7,9H,2-4,6,8H2,1H3,(H,16,17). The van der Waals surface area contributed by atoms with Crippen molar-refractivity contribution in [3.63, 3.8) is 0 Å². The molecule has 0 radical (unpaired) electrons. The Morgan fingerprint density at radius 1 is 1.56 bits per heavy atom. The number of piperidine rings is 1. The van der Waals surface area contributed by atoms with Crippen molar-refractivity contribution in [1.82, 2.24) is 4.90 Å². The van der Waals surface area contributed by atoms with Crippen LogP contribution in [0.5, 0.6) is 0 Å². The summed E-state index contributed by atoms with van der Waals surface area (Å²) in [6.07, 6.45) is 3.54. The van der Waals surface area contributed by atoms with Crippen LogP contribution in [-0.4, -0.2) is 35.0 Å². The Morgan fingerprint density at radius 3 is 3.00 bits per heavy atom. The number of carboxylic acids is 1. The highest BCUT2D eigenvalue weighted by Crippen LogP contribution is 2.21. The Kier molecular flexibility index (Phi) is 3.69. The number of amides is 1. The fourth-order valence-corrected chi connectivity index (χ4v) is 2.34.